The zero-order valence-electron chi connectivity index (χ0n) is 43.0. The van der Waals surface area contributed by atoms with Crippen LogP contribution in [0.1, 0.15) is 45.7 Å². The van der Waals surface area contributed by atoms with Gasteiger partial charge in [-0.15, -0.1) is 20.5 Å². The molecule has 0 aliphatic heterocycles. The van der Waals surface area contributed by atoms with E-state index < -0.39 is 20.2 Å². The van der Waals surface area contributed by atoms with Gasteiger partial charge in [0, 0.05) is 38.3 Å². The lowest BCUT2D eigenvalue weighted by molar-refractivity contribution is 0.414. The molecule has 0 aliphatic rings. The number of anilines is 6. The van der Waals surface area contributed by atoms with Crippen LogP contribution in [0.4, 0.5) is 67.4 Å². The minimum absolute atomic E-state index is 0.0175. The highest BCUT2D eigenvalue weighted by molar-refractivity contribution is 7.99. The summed E-state index contributed by atoms with van der Waals surface area (Å²) in [5.41, 5.74) is 4.34. The Balaban J connectivity index is 1.32. The molecular weight excluding hydrogens is 1090 g/mol. The number of thioether (sulfide) groups is 1. The van der Waals surface area contributed by atoms with E-state index in [0.29, 0.717) is 71.1 Å². The lowest BCUT2D eigenvalue weighted by Gasteiger charge is -2.25. The third-order valence-electron chi connectivity index (χ3n) is 11.7. The number of rotatable bonds is 22. The largest absolute Gasteiger partial charge is 0.494 e. The van der Waals surface area contributed by atoms with Gasteiger partial charge >= 0.3 is 0 Å². The lowest BCUT2D eigenvalue weighted by atomic mass is 10.1. The molecule has 0 spiro atoms. The summed E-state index contributed by atoms with van der Waals surface area (Å²) >= 11 is 3.13. The molecule has 77 heavy (non-hydrogen) atoms. The fourth-order valence-corrected chi connectivity index (χ4v) is 11.3. The van der Waals surface area contributed by atoms with Crippen LogP contribution in [0.5, 0.6) is 11.5 Å². The Morgan fingerprint density at radius 3 is 1.36 bits per heavy atom. The number of benzene rings is 4. The topological polar surface area (TPSA) is 280 Å². The van der Waals surface area contributed by atoms with Crippen molar-refractivity contribution in [2.45, 2.75) is 63.4 Å². The van der Waals surface area contributed by atoms with Crippen molar-refractivity contribution in [2.24, 2.45) is 20.5 Å². The van der Waals surface area contributed by atoms with Gasteiger partial charge in [-0.2, -0.15) is 31.8 Å². The molecule has 4 N–H and O–H groups in total. The number of hydrogen-bond acceptors (Lipinski definition) is 22. The number of azo groups is 2. The third kappa shape index (κ3) is 12.8. The van der Waals surface area contributed by atoms with Crippen LogP contribution in [0.3, 0.4) is 0 Å². The Bertz CT molecular complexity index is 3500. The van der Waals surface area contributed by atoms with Crippen LogP contribution >= 0.6 is 34.8 Å². The van der Waals surface area contributed by atoms with E-state index >= 15 is 0 Å². The highest BCUT2D eigenvalue weighted by Crippen LogP contribution is 2.47. The fourth-order valence-electron chi connectivity index (χ4n) is 7.85. The van der Waals surface area contributed by atoms with E-state index in [-0.39, 0.29) is 77.0 Å². The van der Waals surface area contributed by atoms with Crippen molar-refractivity contribution in [1.82, 2.24) is 23.7 Å². The number of ether oxygens (including phenoxy) is 2. The Hall–Kier alpha value is -7.70. The van der Waals surface area contributed by atoms with Gasteiger partial charge in [0.05, 0.1) is 71.3 Å². The van der Waals surface area contributed by atoms with Crippen molar-refractivity contribution in [1.29, 1.82) is 0 Å². The summed E-state index contributed by atoms with van der Waals surface area (Å²) in [6.07, 6.45) is 0. The summed E-state index contributed by atoms with van der Waals surface area (Å²) in [5.74, 6) is 1.77. The van der Waals surface area contributed by atoms with Crippen molar-refractivity contribution in [3.05, 3.63) is 94.6 Å². The van der Waals surface area contributed by atoms with Crippen molar-refractivity contribution in [2.75, 3.05) is 66.6 Å². The quantitative estimate of drug-likeness (QED) is 0.0212. The molecule has 0 radical (unpaired) electrons. The molecule has 7 rings (SSSR count). The van der Waals surface area contributed by atoms with Gasteiger partial charge in [0.15, 0.2) is 15.2 Å². The van der Waals surface area contributed by atoms with Gasteiger partial charge < -0.3 is 29.9 Å². The molecule has 0 saturated carbocycles. The van der Waals surface area contributed by atoms with Crippen LogP contribution in [-0.4, -0.2) is 95.8 Å². The molecular formula is C49H51N15O8S5. The summed E-state index contributed by atoms with van der Waals surface area (Å²) in [6.45, 7) is 31.7. The fraction of sp³-hybridized carbons (Fsp3) is 0.286. The van der Waals surface area contributed by atoms with Gasteiger partial charge in [0.25, 0.3) is 31.6 Å². The SMILES string of the molecule is [C-]#[N+]c1c(-c2ccc(C)c(S(=O)(=O)O)c2)nsc1N=Nc1cc(OC)c(N(CC)CC)cc1Nc1nc(Nc2cc(N(CC)CC)c(OC)cc2N=Nc2snc(-c3ccc(C)c(S(=O)(=O)O)c3)c2[N+]#[C-])nc(SCC)n1. The predicted molar refractivity (Wildman–Crippen MR) is 301 cm³/mol. The monoisotopic (exact) mass is 1140 g/mol. The third-order valence-corrected chi connectivity index (χ3v) is 15.8. The van der Waals surface area contributed by atoms with Crippen LogP contribution in [0.2, 0.25) is 0 Å². The summed E-state index contributed by atoms with van der Waals surface area (Å²) in [5, 5.41) is 25.4. The molecule has 0 bridgehead atoms. The molecule has 4 aromatic carbocycles. The summed E-state index contributed by atoms with van der Waals surface area (Å²) < 4.78 is 88.9. The average Bonchev–Trinajstić information content (AvgIpc) is 4.04. The maximum Gasteiger partial charge on any atom is 0.294 e. The van der Waals surface area contributed by atoms with Crippen LogP contribution in [-0.2, 0) is 20.2 Å². The van der Waals surface area contributed by atoms with E-state index in [1.807, 2.05) is 46.8 Å². The van der Waals surface area contributed by atoms with E-state index in [4.69, 9.17) is 37.6 Å². The van der Waals surface area contributed by atoms with E-state index in [9.17, 15) is 25.9 Å². The second-order valence-corrected chi connectivity index (χ2v) is 21.8. The molecule has 0 fully saturated rings. The molecule has 7 aromatic rings. The van der Waals surface area contributed by atoms with Gasteiger partial charge in [-0.25, -0.2) is 18.4 Å². The summed E-state index contributed by atoms with van der Waals surface area (Å²) in [6, 6.07) is 15.8. The maximum absolute atomic E-state index is 12.1. The zero-order valence-corrected chi connectivity index (χ0v) is 47.1. The molecule has 3 heterocycles. The molecule has 0 saturated heterocycles. The van der Waals surface area contributed by atoms with E-state index in [2.05, 4.69) is 59.3 Å². The second-order valence-electron chi connectivity index (χ2n) is 16.3. The van der Waals surface area contributed by atoms with Crippen molar-refractivity contribution >= 4 is 122 Å². The predicted octanol–water partition coefficient (Wildman–Crippen LogP) is 13.5. The van der Waals surface area contributed by atoms with Crippen molar-refractivity contribution < 1.29 is 35.4 Å². The van der Waals surface area contributed by atoms with Gasteiger partial charge in [0.2, 0.25) is 11.9 Å². The number of nitrogens with zero attached hydrogens (tertiary/aromatic N) is 13. The molecule has 3 aromatic heterocycles. The zero-order chi connectivity index (χ0) is 55.8. The van der Waals surface area contributed by atoms with E-state index in [0.717, 1.165) is 34.4 Å². The highest BCUT2D eigenvalue weighted by atomic mass is 32.2. The first-order chi connectivity index (χ1) is 36.8. The summed E-state index contributed by atoms with van der Waals surface area (Å²) in [4.78, 5) is 25.2. The van der Waals surface area contributed by atoms with E-state index in [1.165, 1.54) is 50.2 Å². The van der Waals surface area contributed by atoms with Crippen LogP contribution in [0.15, 0.2) is 96.1 Å². The van der Waals surface area contributed by atoms with Crippen molar-refractivity contribution in [3.8, 4) is 34.0 Å². The first-order valence-electron chi connectivity index (χ1n) is 23.4. The summed E-state index contributed by atoms with van der Waals surface area (Å²) in [7, 11) is -6.05. The molecule has 0 unspecified atom stereocenters. The smallest absolute Gasteiger partial charge is 0.294 e. The van der Waals surface area contributed by atoms with Gasteiger partial charge in [-0.05, 0) is 117 Å². The van der Waals surface area contributed by atoms with Crippen LogP contribution in [0.25, 0.3) is 32.2 Å². The number of aryl methyl sites for hydroxylation is 2. The van der Waals surface area contributed by atoms with Crippen molar-refractivity contribution in [3.63, 3.8) is 0 Å². The van der Waals surface area contributed by atoms with E-state index in [1.54, 1.807) is 38.1 Å². The Morgan fingerprint density at radius 2 is 1.03 bits per heavy atom. The standard InChI is InChI=1S/C49H51N15O8S5/c1-12-63(13-2)35-23-31(33(25-37(35)71-10)57-59-45-43(50-8)41(61-74-45)29-19-17-27(6)39(21-29)76(65,66)67)52-47-54-48(56-49(55-47)73-16-5)53-32-24-36(64(14-3)15-4)38(72-11)26-34(32)58-60-46-44(51-9)42(62-75-46)30-20-18-28(7)40(22-30)77(68,69)70/h17-26H,12-16H2,1-7,10-11H3,(H,65,66,67)(H,68,69,70)(H2,52,53,54,55,56). The minimum Gasteiger partial charge on any atom is -0.494 e. The van der Waals surface area contributed by atoms with Gasteiger partial charge in [0.1, 0.15) is 22.9 Å². The first kappa shape index (κ1) is 57.0. The van der Waals surface area contributed by atoms with Gasteiger partial charge in [-0.3, -0.25) is 9.11 Å². The molecule has 23 nitrogen and oxygen atoms in total. The molecule has 0 amide bonds. The number of nitrogens with one attached hydrogen (secondary N) is 2. The lowest BCUT2D eigenvalue weighted by Crippen LogP contribution is -2.22. The van der Waals surface area contributed by atoms with Crippen LogP contribution < -0.4 is 29.9 Å². The molecule has 0 atom stereocenters. The normalized spacial score (nSPS) is 11.7. The first-order valence-corrected chi connectivity index (χ1v) is 28.9. The Labute approximate surface area is 458 Å². The number of aromatic nitrogens is 5. The van der Waals surface area contributed by atoms with Gasteiger partial charge in [-0.1, -0.05) is 43.0 Å². The number of hydrogen-bond donors (Lipinski definition) is 4. The highest BCUT2D eigenvalue weighted by Gasteiger charge is 2.24. The molecule has 28 heteroatoms. The molecule has 0 aliphatic carbocycles. The van der Waals surface area contributed by atoms with Crippen LogP contribution in [0, 0.1) is 27.0 Å². The average molecular weight is 1140 g/mol. The number of methoxy groups -OCH3 is 2. The minimum atomic E-state index is -4.56. The second kappa shape index (κ2) is 24.5. The maximum atomic E-state index is 12.1. The Kier molecular flexibility index (Phi) is 18.2. The Morgan fingerprint density at radius 1 is 0.623 bits per heavy atom. The molecule has 400 valence electrons.